The molecule has 8 heteroatoms. The Kier molecular flexibility index (Phi) is 3.09. The topological polar surface area (TPSA) is 72.6 Å². The molecule has 0 fully saturated rings. The highest BCUT2D eigenvalue weighted by molar-refractivity contribution is 5.94. The SMILES string of the molecule is CCc1nc2c(OC(F)(F)F)cc(C(=O)O)cc2o1. The third-order valence-corrected chi connectivity index (χ3v) is 2.28. The Labute approximate surface area is 104 Å². The van der Waals surface area contributed by atoms with E-state index in [2.05, 4.69) is 9.72 Å². The Morgan fingerprint density at radius 2 is 2.16 bits per heavy atom. The number of halogens is 3. The molecular weight excluding hydrogens is 267 g/mol. The van der Waals surface area contributed by atoms with Crippen LogP contribution in [-0.4, -0.2) is 22.4 Å². The Hall–Kier alpha value is -2.25. The monoisotopic (exact) mass is 275 g/mol. The number of carboxylic acid groups (broad SMARTS) is 1. The first-order chi connectivity index (χ1) is 8.80. The smallest absolute Gasteiger partial charge is 0.478 e. The molecular formula is C11H8F3NO4. The fraction of sp³-hybridized carbons (Fsp3) is 0.273. The molecule has 0 bridgehead atoms. The number of aromatic carboxylic acids is 1. The summed E-state index contributed by atoms with van der Waals surface area (Å²) in [6.07, 6.45) is -4.57. The molecule has 1 aromatic carbocycles. The highest BCUT2D eigenvalue weighted by Crippen LogP contribution is 2.32. The van der Waals surface area contributed by atoms with Crippen LogP contribution in [0.2, 0.25) is 0 Å². The summed E-state index contributed by atoms with van der Waals surface area (Å²) in [5, 5.41) is 8.83. The molecule has 102 valence electrons. The van der Waals surface area contributed by atoms with Crippen LogP contribution in [0.4, 0.5) is 13.2 Å². The minimum Gasteiger partial charge on any atom is -0.478 e. The molecule has 2 aromatic rings. The van der Waals surface area contributed by atoms with Crippen molar-refractivity contribution in [3.8, 4) is 5.75 Å². The van der Waals surface area contributed by atoms with E-state index in [1.807, 2.05) is 0 Å². The van der Waals surface area contributed by atoms with Crippen LogP contribution < -0.4 is 4.74 Å². The maximum absolute atomic E-state index is 12.3. The van der Waals surface area contributed by atoms with E-state index in [9.17, 15) is 18.0 Å². The first kappa shape index (κ1) is 13.2. The van der Waals surface area contributed by atoms with Crippen LogP contribution in [0.25, 0.3) is 11.1 Å². The summed E-state index contributed by atoms with van der Waals surface area (Å²) in [6, 6.07) is 1.87. The fourth-order valence-electron chi connectivity index (χ4n) is 1.52. The molecule has 0 aliphatic carbocycles. The molecule has 0 aliphatic heterocycles. The number of aryl methyl sites for hydroxylation is 1. The number of benzene rings is 1. The zero-order chi connectivity index (χ0) is 14.2. The van der Waals surface area contributed by atoms with E-state index in [4.69, 9.17) is 9.52 Å². The van der Waals surface area contributed by atoms with Crippen LogP contribution in [0.5, 0.6) is 5.75 Å². The summed E-state index contributed by atoms with van der Waals surface area (Å²) >= 11 is 0. The number of hydrogen-bond acceptors (Lipinski definition) is 4. The van der Waals surface area contributed by atoms with Crippen molar-refractivity contribution in [1.82, 2.24) is 4.98 Å². The number of aromatic nitrogens is 1. The maximum atomic E-state index is 12.3. The van der Waals surface area contributed by atoms with Gasteiger partial charge in [-0.05, 0) is 12.1 Å². The summed E-state index contributed by atoms with van der Waals surface area (Å²) in [5.41, 5.74) is -0.583. The minimum absolute atomic E-state index is 0.0593. The summed E-state index contributed by atoms with van der Waals surface area (Å²) < 4.78 is 45.7. The number of carbonyl (C=O) groups is 1. The molecule has 2 rings (SSSR count). The lowest BCUT2D eigenvalue weighted by molar-refractivity contribution is -0.274. The zero-order valence-corrected chi connectivity index (χ0v) is 9.61. The molecule has 0 atom stereocenters. The van der Waals surface area contributed by atoms with Gasteiger partial charge in [-0.2, -0.15) is 0 Å². The van der Waals surface area contributed by atoms with Crippen LogP contribution >= 0.6 is 0 Å². The third kappa shape index (κ3) is 2.78. The molecule has 19 heavy (non-hydrogen) atoms. The fourth-order valence-corrected chi connectivity index (χ4v) is 1.52. The van der Waals surface area contributed by atoms with Gasteiger partial charge in [-0.25, -0.2) is 9.78 Å². The highest BCUT2D eigenvalue weighted by Gasteiger charge is 2.33. The molecule has 0 aliphatic rings. The van der Waals surface area contributed by atoms with E-state index >= 15 is 0 Å². The Morgan fingerprint density at radius 1 is 1.47 bits per heavy atom. The van der Waals surface area contributed by atoms with Gasteiger partial charge < -0.3 is 14.3 Å². The molecule has 0 spiro atoms. The average molecular weight is 275 g/mol. The Morgan fingerprint density at radius 3 is 2.68 bits per heavy atom. The summed E-state index contributed by atoms with van der Waals surface area (Å²) in [7, 11) is 0. The van der Waals surface area contributed by atoms with Gasteiger partial charge in [0.1, 0.15) is 0 Å². The number of carboxylic acids is 1. The van der Waals surface area contributed by atoms with Gasteiger partial charge in [0.05, 0.1) is 5.56 Å². The molecule has 0 saturated heterocycles. The molecule has 0 unspecified atom stereocenters. The van der Waals surface area contributed by atoms with E-state index in [0.29, 0.717) is 6.42 Å². The molecule has 0 amide bonds. The van der Waals surface area contributed by atoms with E-state index < -0.39 is 18.1 Å². The molecule has 0 saturated carbocycles. The predicted octanol–water partition coefficient (Wildman–Crippen LogP) is 2.99. The maximum Gasteiger partial charge on any atom is 0.573 e. The van der Waals surface area contributed by atoms with Gasteiger partial charge in [-0.1, -0.05) is 6.92 Å². The molecule has 0 radical (unpaired) electrons. The van der Waals surface area contributed by atoms with E-state index in [-0.39, 0.29) is 22.6 Å². The largest absolute Gasteiger partial charge is 0.573 e. The van der Waals surface area contributed by atoms with Crippen molar-refractivity contribution in [1.29, 1.82) is 0 Å². The van der Waals surface area contributed by atoms with Crippen LogP contribution in [0, 0.1) is 0 Å². The van der Waals surface area contributed by atoms with Gasteiger partial charge in [-0.3, -0.25) is 0 Å². The van der Waals surface area contributed by atoms with Crippen molar-refractivity contribution in [2.75, 3.05) is 0 Å². The second kappa shape index (κ2) is 4.45. The van der Waals surface area contributed by atoms with E-state index in [1.165, 1.54) is 0 Å². The first-order valence-corrected chi connectivity index (χ1v) is 5.22. The molecule has 1 aromatic heterocycles. The first-order valence-electron chi connectivity index (χ1n) is 5.22. The second-order valence-electron chi connectivity index (χ2n) is 3.64. The number of nitrogens with zero attached hydrogens (tertiary/aromatic N) is 1. The van der Waals surface area contributed by atoms with E-state index in [1.54, 1.807) is 6.92 Å². The lowest BCUT2D eigenvalue weighted by atomic mass is 10.2. The van der Waals surface area contributed by atoms with Crippen molar-refractivity contribution < 1.29 is 32.2 Å². The minimum atomic E-state index is -4.94. The number of ether oxygens (including phenoxy) is 1. The van der Waals surface area contributed by atoms with E-state index in [0.717, 1.165) is 12.1 Å². The van der Waals surface area contributed by atoms with Gasteiger partial charge in [-0.15, -0.1) is 13.2 Å². The van der Waals surface area contributed by atoms with Crippen molar-refractivity contribution in [3.63, 3.8) is 0 Å². The molecule has 5 nitrogen and oxygen atoms in total. The third-order valence-electron chi connectivity index (χ3n) is 2.28. The number of hydrogen-bond donors (Lipinski definition) is 1. The zero-order valence-electron chi connectivity index (χ0n) is 9.61. The lowest BCUT2D eigenvalue weighted by Crippen LogP contribution is -2.17. The predicted molar refractivity (Wildman–Crippen MR) is 57.0 cm³/mol. The van der Waals surface area contributed by atoms with Gasteiger partial charge in [0.15, 0.2) is 22.7 Å². The number of fused-ring (bicyclic) bond motifs is 1. The van der Waals surface area contributed by atoms with Gasteiger partial charge >= 0.3 is 12.3 Å². The van der Waals surface area contributed by atoms with Gasteiger partial charge in [0, 0.05) is 6.42 Å². The van der Waals surface area contributed by atoms with Crippen molar-refractivity contribution in [3.05, 3.63) is 23.6 Å². The summed E-state index contributed by atoms with van der Waals surface area (Å²) in [5.74, 6) is -1.88. The van der Waals surface area contributed by atoms with Crippen LogP contribution in [-0.2, 0) is 6.42 Å². The lowest BCUT2D eigenvalue weighted by Gasteiger charge is -2.09. The number of oxazole rings is 1. The number of rotatable bonds is 3. The normalized spacial score (nSPS) is 11.8. The Bertz CT molecular complexity index is 633. The second-order valence-corrected chi connectivity index (χ2v) is 3.64. The number of alkyl halides is 3. The van der Waals surface area contributed by atoms with Crippen LogP contribution in [0.15, 0.2) is 16.5 Å². The summed E-state index contributed by atoms with van der Waals surface area (Å²) in [4.78, 5) is 14.7. The van der Waals surface area contributed by atoms with Crippen molar-refractivity contribution in [2.24, 2.45) is 0 Å². The standard InChI is InChI=1S/C11H8F3NO4/c1-2-8-15-9-6(18-8)3-5(10(16)17)4-7(9)19-11(12,13)14/h3-4H,2H2,1H3,(H,16,17). The molecule has 1 N–H and O–H groups in total. The van der Waals surface area contributed by atoms with Crippen LogP contribution in [0.1, 0.15) is 23.2 Å². The Balaban J connectivity index is 2.63. The van der Waals surface area contributed by atoms with Crippen LogP contribution in [0.3, 0.4) is 0 Å². The average Bonchev–Trinajstić information content (AvgIpc) is 2.69. The molecule has 1 heterocycles. The quantitative estimate of drug-likeness (QED) is 0.932. The summed E-state index contributed by atoms with van der Waals surface area (Å²) in [6.45, 7) is 1.70. The van der Waals surface area contributed by atoms with Crippen molar-refractivity contribution in [2.45, 2.75) is 19.7 Å². The van der Waals surface area contributed by atoms with Gasteiger partial charge in [0.25, 0.3) is 0 Å². The van der Waals surface area contributed by atoms with Crippen molar-refractivity contribution >= 4 is 17.1 Å². The van der Waals surface area contributed by atoms with Gasteiger partial charge in [0.2, 0.25) is 0 Å². The highest BCUT2D eigenvalue weighted by atomic mass is 19.4.